The summed E-state index contributed by atoms with van der Waals surface area (Å²) in [6, 6.07) is 14.4. The van der Waals surface area contributed by atoms with Gasteiger partial charge in [0, 0.05) is 116 Å². The SMILES string of the molecule is CC(=O)N1CCc2c(c(N3CCCc4cc(-c5cn(C)c6ccncc56)c(C(F)F)cc43)nn2C2CCN(C(=O)c3ccc(Nc4cccc5c4C(=O)N(C4CCC(=O)NC4=O)C5=O)c(C)c3)CC2)C1. The van der Waals surface area contributed by atoms with E-state index < -0.39 is 36.1 Å². The van der Waals surface area contributed by atoms with E-state index in [0.717, 1.165) is 44.6 Å². The highest BCUT2D eigenvalue weighted by atomic mass is 19.3. The summed E-state index contributed by atoms with van der Waals surface area (Å²) in [5.74, 6) is -1.86. The van der Waals surface area contributed by atoms with Crippen molar-refractivity contribution in [3.05, 3.63) is 118 Å². The topological polar surface area (TPSA) is 175 Å². The standard InChI is InChI=1S/C52H50F2N10O6/c1-28-22-31(9-10-39(28)56-40-8-4-7-33-46(40)52(70)63(51(33)69)43-11-12-45(66)57-49(43)67)50(68)60-19-14-32(15-20-60)64-42-16-21-61(29(2)65)27-38(42)48(58-64)62-18-5-6-30-23-34(35(47(53)54)24-44(30)62)37-26-59(3)41-13-17-55-25-36(37)41/h4,7-10,13,17,22-26,32,43,47,56H,5-6,11-12,14-16,18-21,27H2,1-3H3,(H,57,66,67). The van der Waals surface area contributed by atoms with Gasteiger partial charge in [-0.3, -0.25) is 48.6 Å². The quantitative estimate of drug-likeness (QED) is 0.148. The number of carbonyl (C=O) groups is 6. The Labute approximate surface area is 401 Å². The molecule has 0 saturated carbocycles. The van der Waals surface area contributed by atoms with Crippen molar-refractivity contribution in [3.8, 4) is 11.1 Å². The van der Waals surface area contributed by atoms with E-state index in [9.17, 15) is 28.8 Å². The van der Waals surface area contributed by atoms with Crippen molar-refractivity contribution in [2.75, 3.05) is 36.4 Å². The molecule has 11 rings (SSSR count). The summed E-state index contributed by atoms with van der Waals surface area (Å²) < 4.78 is 34.3. The number of nitrogens with zero attached hydrogens (tertiary/aromatic N) is 8. The molecule has 1 unspecified atom stereocenters. The Morgan fingerprint density at radius 3 is 2.43 bits per heavy atom. The Bertz CT molecular complexity index is 3230. The number of benzene rings is 3. The number of piperidine rings is 2. The molecule has 2 saturated heterocycles. The van der Waals surface area contributed by atoms with Gasteiger partial charge in [0.15, 0.2) is 5.82 Å². The van der Waals surface area contributed by atoms with Gasteiger partial charge < -0.3 is 24.6 Å². The molecule has 5 aliphatic heterocycles. The minimum absolute atomic E-state index is 0.0186. The maximum atomic E-state index is 15.2. The first-order chi connectivity index (χ1) is 33.7. The normalized spacial score (nSPS) is 18.4. The molecule has 358 valence electrons. The van der Waals surface area contributed by atoms with Crippen LogP contribution in [0.1, 0.15) is 111 Å². The summed E-state index contributed by atoms with van der Waals surface area (Å²) in [5, 5.41) is 11.6. The summed E-state index contributed by atoms with van der Waals surface area (Å²) in [6.45, 7) is 5.82. The zero-order valence-corrected chi connectivity index (χ0v) is 38.9. The number of aromatic nitrogens is 4. The van der Waals surface area contributed by atoms with Gasteiger partial charge in [0.05, 0.1) is 34.9 Å². The fourth-order valence-electron chi connectivity index (χ4n) is 11.1. The molecular weight excluding hydrogens is 899 g/mol. The number of pyridine rings is 1. The van der Waals surface area contributed by atoms with Crippen LogP contribution in [0.4, 0.5) is 31.7 Å². The molecule has 3 aromatic carbocycles. The number of hydrogen-bond donors (Lipinski definition) is 2. The van der Waals surface area contributed by atoms with E-state index in [-0.39, 0.29) is 47.4 Å². The number of hydrogen-bond acceptors (Lipinski definition) is 10. The predicted octanol–water partition coefficient (Wildman–Crippen LogP) is 7.29. The van der Waals surface area contributed by atoms with Crippen LogP contribution >= 0.6 is 0 Å². The fraction of sp³-hybridized carbons (Fsp3) is 0.346. The van der Waals surface area contributed by atoms with Gasteiger partial charge in [-0.05, 0) is 104 Å². The maximum absolute atomic E-state index is 15.2. The molecule has 3 aromatic heterocycles. The number of fused-ring (bicyclic) bond motifs is 4. The van der Waals surface area contributed by atoms with Crippen LogP contribution < -0.4 is 15.5 Å². The van der Waals surface area contributed by atoms with Crippen LogP contribution in [0.2, 0.25) is 0 Å². The van der Waals surface area contributed by atoms with Crippen molar-refractivity contribution < 1.29 is 37.5 Å². The highest BCUT2D eigenvalue weighted by Crippen LogP contribution is 2.45. The third-order valence-corrected chi connectivity index (χ3v) is 14.8. The molecule has 5 aliphatic rings. The monoisotopic (exact) mass is 948 g/mol. The molecule has 6 aromatic rings. The lowest BCUT2D eigenvalue weighted by Gasteiger charge is -2.34. The van der Waals surface area contributed by atoms with Gasteiger partial charge in [0.2, 0.25) is 17.7 Å². The van der Waals surface area contributed by atoms with Crippen molar-refractivity contribution in [2.45, 2.75) is 83.8 Å². The molecule has 0 radical (unpaired) electrons. The van der Waals surface area contributed by atoms with Crippen LogP contribution in [-0.2, 0) is 40.8 Å². The summed E-state index contributed by atoms with van der Waals surface area (Å²) in [7, 11) is 1.90. The highest BCUT2D eigenvalue weighted by molar-refractivity contribution is 6.25. The molecule has 0 aliphatic carbocycles. The lowest BCUT2D eigenvalue weighted by molar-refractivity contribution is -0.136. The number of rotatable bonds is 8. The van der Waals surface area contributed by atoms with Crippen molar-refractivity contribution in [3.63, 3.8) is 0 Å². The Morgan fingerprint density at radius 2 is 1.67 bits per heavy atom. The number of imide groups is 2. The summed E-state index contributed by atoms with van der Waals surface area (Å²) in [4.78, 5) is 89.3. The lowest BCUT2D eigenvalue weighted by Crippen LogP contribution is -2.54. The molecule has 1 atom stereocenters. The van der Waals surface area contributed by atoms with Gasteiger partial charge >= 0.3 is 0 Å². The molecule has 70 heavy (non-hydrogen) atoms. The number of halogens is 2. The van der Waals surface area contributed by atoms with Crippen LogP contribution in [0, 0.1) is 6.92 Å². The predicted molar refractivity (Wildman–Crippen MR) is 255 cm³/mol. The van der Waals surface area contributed by atoms with E-state index in [1.165, 1.54) is 6.07 Å². The minimum Gasteiger partial charge on any atom is -0.355 e. The van der Waals surface area contributed by atoms with E-state index in [1.54, 1.807) is 60.6 Å². The van der Waals surface area contributed by atoms with Gasteiger partial charge in [-0.1, -0.05) is 6.07 Å². The van der Waals surface area contributed by atoms with Crippen molar-refractivity contribution in [2.24, 2.45) is 7.05 Å². The van der Waals surface area contributed by atoms with E-state index >= 15 is 8.78 Å². The Balaban J connectivity index is 0.824. The molecule has 16 nitrogen and oxygen atoms in total. The summed E-state index contributed by atoms with van der Waals surface area (Å²) >= 11 is 0. The van der Waals surface area contributed by atoms with Gasteiger partial charge in [-0.25, -0.2) is 8.78 Å². The zero-order valence-electron chi connectivity index (χ0n) is 38.9. The third-order valence-electron chi connectivity index (χ3n) is 14.8. The number of aryl methyl sites for hydroxylation is 3. The van der Waals surface area contributed by atoms with Crippen molar-refractivity contribution >= 4 is 69.2 Å². The van der Waals surface area contributed by atoms with Crippen LogP contribution in [0.25, 0.3) is 22.0 Å². The third kappa shape index (κ3) is 7.47. The summed E-state index contributed by atoms with van der Waals surface area (Å²) in [6.07, 6.45) is 5.98. The molecule has 2 fully saturated rings. The molecule has 0 bridgehead atoms. The van der Waals surface area contributed by atoms with E-state index in [4.69, 9.17) is 5.10 Å². The van der Waals surface area contributed by atoms with E-state index in [2.05, 4.69) is 25.2 Å². The van der Waals surface area contributed by atoms with Crippen LogP contribution in [0.5, 0.6) is 0 Å². The molecule has 2 N–H and O–H groups in total. The number of likely N-dealkylation sites (tertiary alicyclic amines) is 1. The Morgan fingerprint density at radius 1 is 0.857 bits per heavy atom. The van der Waals surface area contributed by atoms with Gasteiger partial charge in [-0.2, -0.15) is 5.10 Å². The number of nitrogens with one attached hydrogen (secondary N) is 2. The first-order valence-electron chi connectivity index (χ1n) is 23.7. The Hall–Kier alpha value is -7.76. The second-order valence-corrected chi connectivity index (χ2v) is 18.9. The highest BCUT2D eigenvalue weighted by Gasteiger charge is 2.46. The van der Waals surface area contributed by atoms with Crippen molar-refractivity contribution in [1.29, 1.82) is 0 Å². The van der Waals surface area contributed by atoms with Crippen LogP contribution in [-0.4, -0.2) is 102 Å². The molecular formula is C52H50F2N10O6. The Kier molecular flexibility index (Phi) is 11.1. The average molecular weight is 949 g/mol. The van der Waals surface area contributed by atoms with Gasteiger partial charge in [0.25, 0.3) is 24.1 Å². The second-order valence-electron chi connectivity index (χ2n) is 18.9. The maximum Gasteiger partial charge on any atom is 0.264 e. The zero-order chi connectivity index (χ0) is 48.7. The van der Waals surface area contributed by atoms with Crippen LogP contribution in [0.15, 0.2) is 73.2 Å². The average Bonchev–Trinajstić information content (AvgIpc) is 3.99. The largest absolute Gasteiger partial charge is 0.355 e. The number of anilines is 4. The molecule has 18 heteroatoms. The van der Waals surface area contributed by atoms with Crippen LogP contribution in [0.3, 0.4) is 0 Å². The van der Waals surface area contributed by atoms with E-state index in [0.29, 0.717) is 98.0 Å². The second kappa shape index (κ2) is 17.3. The first kappa shape index (κ1) is 44.7. The lowest BCUT2D eigenvalue weighted by atomic mass is 9.91. The minimum atomic E-state index is -2.74. The summed E-state index contributed by atoms with van der Waals surface area (Å²) in [5.41, 5.74) is 8.13. The van der Waals surface area contributed by atoms with E-state index in [1.807, 2.05) is 41.8 Å². The number of alkyl halides is 2. The fourth-order valence-corrected chi connectivity index (χ4v) is 11.1. The molecule has 6 amide bonds. The van der Waals surface area contributed by atoms with Gasteiger partial charge in [0.1, 0.15) is 6.04 Å². The number of carbonyl (C=O) groups excluding carboxylic acids is 6. The smallest absolute Gasteiger partial charge is 0.264 e. The first-order valence-corrected chi connectivity index (χ1v) is 23.7. The molecule has 0 spiro atoms. The number of amides is 6. The molecule has 8 heterocycles. The van der Waals surface area contributed by atoms with Crippen molar-refractivity contribution in [1.82, 2.24) is 39.3 Å². The van der Waals surface area contributed by atoms with Gasteiger partial charge in [-0.15, -0.1) is 0 Å².